The highest BCUT2D eigenvalue weighted by Crippen LogP contribution is 2.29. The fraction of sp³-hybridized carbons (Fsp3) is 0.250. The molecule has 2 aromatic carbocycles. The number of nitrogens with zero attached hydrogens (tertiary/aromatic N) is 2. The van der Waals surface area contributed by atoms with E-state index in [2.05, 4.69) is 5.16 Å². The lowest BCUT2D eigenvalue weighted by Crippen LogP contribution is -2.41. The van der Waals surface area contributed by atoms with E-state index < -0.39 is 12.0 Å². The predicted molar refractivity (Wildman–Crippen MR) is 108 cm³/mol. The van der Waals surface area contributed by atoms with E-state index in [0.717, 1.165) is 11.1 Å². The Morgan fingerprint density at radius 1 is 1.04 bits per heavy atom. The van der Waals surface area contributed by atoms with Crippen molar-refractivity contribution < 1.29 is 19.2 Å². The molecule has 8 heteroatoms. The summed E-state index contributed by atoms with van der Waals surface area (Å²) in [6, 6.07) is 11.7. The van der Waals surface area contributed by atoms with Crippen molar-refractivity contribution in [1.29, 1.82) is 0 Å². The van der Waals surface area contributed by atoms with Crippen molar-refractivity contribution >= 4 is 40.8 Å². The third-order valence-electron chi connectivity index (χ3n) is 4.50. The van der Waals surface area contributed by atoms with E-state index in [1.807, 2.05) is 18.2 Å². The first-order valence-electron chi connectivity index (χ1n) is 8.47. The van der Waals surface area contributed by atoms with Crippen molar-refractivity contribution in [2.75, 3.05) is 20.8 Å². The van der Waals surface area contributed by atoms with Crippen LogP contribution >= 0.6 is 23.2 Å². The summed E-state index contributed by atoms with van der Waals surface area (Å²) in [4.78, 5) is 31.3. The summed E-state index contributed by atoms with van der Waals surface area (Å²) in [6.45, 7) is 0.209. The molecule has 146 valence electrons. The Labute approximate surface area is 172 Å². The number of hydrogen-bond donors (Lipinski definition) is 0. The van der Waals surface area contributed by atoms with Gasteiger partial charge in [-0.25, -0.2) is 4.79 Å². The zero-order valence-corrected chi connectivity index (χ0v) is 16.8. The maximum atomic E-state index is 13.0. The van der Waals surface area contributed by atoms with Gasteiger partial charge in [0.2, 0.25) is 0 Å². The Balaban J connectivity index is 1.84. The standard InChI is InChI=1S/C20H18Cl2N2O4/c1-27-20(26)18-10-15(23-28-2)11-24(18)19(25)13-5-3-12(4-6-13)14-7-8-16(21)17(22)9-14/h3-9,18H,10-11H2,1-2H3/b23-15+/t18-/m0/s1. The molecule has 0 radical (unpaired) electrons. The van der Waals surface area contributed by atoms with Gasteiger partial charge in [-0.15, -0.1) is 0 Å². The Kier molecular flexibility index (Phi) is 6.21. The summed E-state index contributed by atoms with van der Waals surface area (Å²) in [5.41, 5.74) is 2.84. The van der Waals surface area contributed by atoms with Gasteiger partial charge in [-0.1, -0.05) is 46.6 Å². The zero-order chi connectivity index (χ0) is 20.3. The molecule has 0 N–H and O–H groups in total. The maximum Gasteiger partial charge on any atom is 0.329 e. The molecule has 1 aliphatic rings. The average molecular weight is 421 g/mol. The highest BCUT2D eigenvalue weighted by Gasteiger charge is 2.39. The SMILES string of the molecule is CO/N=C1\C[C@@H](C(=O)OC)N(C(=O)c2ccc(-c3ccc(Cl)c(Cl)c3)cc2)C1. The second-order valence-electron chi connectivity index (χ2n) is 6.22. The number of oxime groups is 1. The molecular weight excluding hydrogens is 403 g/mol. The molecular formula is C20H18Cl2N2O4. The van der Waals surface area contributed by atoms with Gasteiger partial charge in [-0.3, -0.25) is 4.79 Å². The quantitative estimate of drug-likeness (QED) is 0.552. The number of esters is 1. The van der Waals surface area contributed by atoms with Gasteiger partial charge in [0.1, 0.15) is 13.2 Å². The monoisotopic (exact) mass is 420 g/mol. The van der Waals surface area contributed by atoms with E-state index in [1.54, 1.807) is 24.3 Å². The highest BCUT2D eigenvalue weighted by atomic mass is 35.5. The van der Waals surface area contributed by atoms with Crippen LogP contribution in [-0.4, -0.2) is 49.3 Å². The van der Waals surface area contributed by atoms with Crippen LogP contribution in [0.2, 0.25) is 10.0 Å². The molecule has 1 saturated heterocycles. The molecule has 6 nitrogen and oxygen atoms in total. The largest absolute Gasteiger partial charge is 0.467 e. The van der Waals surface area contributed by atoms with Crippen LogP contribution in [0.1, 0.15) is 16.8 Å². The summed E-state index contributed by atoms with van der Waals surface area (Å²) in [5.74, 6) is -0.764. The first kappa shape index (κ1) is 20.2. The third-order valence-corrected chi connectivity index (χ3v) is 5.24. The molecule has 0 aliphatic carbocycles. The summed E-state index contributed by atoms with van der Waals surface area (Å²) in [5, 5.41) is 4.82. The molecule has 0 aromatic heterocycles. The number of carbonyl (C=O) groups excluding carboxylic acids is 2. The van der Waals surface area contributed by atoms with Crippen molar-refractivity contribution in [1.82, 2.24) is 4.90 Å². The lowest BCUT2D eigenvalue weighted by Gasteiger charge is -2.22. The molecule has 3 rings (SSSR count). The second kappa shape index (κ2) is 8.63. The van der Waals surface area contributed by atoms with Gasteiger partial charge in [-0.05, 0) is 35.4 Å². The minimum atomic E-state index is -0.721. The maximum absolute atomic E-state index is 13.0. The first-order chi connectivity index (χ1) is 13.4. The number of methoxy groups -OCH3 is 1. The van der Waals surface area contributed by atoms with Gasteiger partial charge in [-0.2, -0.15) is 0 Å². The van der Waals surface area contributed by atoms with Crippen molar-refractivity contribution in [3.63, 3.8) is 0 Å². The molecule has 1 fully saturated rings. The van der Waals surface area contributed by atoms with Crippen LogP contribution in [-0.2, 0) is 14.4 Å². The predicted octanol–water partition coefficient (Wildman–Crippen LogP) is 4.05. The zero-order valence-electron chi connectivity index (χ0n) is 15.3. The number of amides is 1. The van der Waals surface area contributed by atoms with Gasteiger partial charge >= 0.3 is 5.97 Å². The number of benzene rings is 2. The van der Waals surface area contributed by atoms with E-state index in [0.29, 0.717) is 21.3 Å². The van der Waals surface area contributed by atoms with Crippen LogP contribution < -0.4 is 0 Å². The molecule has 0 saturated carbocycles. The Morgan fingerprint density at radius 2 is 1.71 bits per heavy atom. The van der Waals surface area contributed by atoms with Gasteiger partial charge in [0.05, 0.1) is 29.4 Å². The van der Waals surface area contributed by atoms with Gasteiger partial charge in [0.15, 0.2) is 0 Å². The van der Waals surface area contributed by atoms with E-state index in [4.69, 9.17) is 32.8 Å². The fourth-order valence-electron chi connectivity index (χ4n) is 3.11. The van der Waals surface area contributed by atoms with E-state index in [1.165, 1.54) is 19.1 Å². The second-order valence-corrected chi connectivity index (χ2v) is 7.04. The number of likely N-dealkylation sites (tertiary alicyclic amines) is 1. The molecule has 1 amide bonds. The smallest absolute Gasteiger partial charge is 0.329 e. The number of hydrogen-bond acceptors (Lipinski definition) is 5. The van der Waals surface area contributed by atoms with Crippen LogP contribution in [0, 0.1) is 0 Å². The first-order valence-corrected chi connectivity index (χ1v) is 9.23. The summed E-state index contributed by atoms with van der Waals surface area (Å²) >= 11 is 12.0. The average Bonchev–Trinajstić information content (AvgIpc) is 3.13. The lowest BCUT2D eigenvalue weighted by atomic mass is 10.0. The van der Waals surface area contributed by atoms with E-state index in [-0.39, 0.29) is 18.9 Å². The van der Waals surface area contributed by atoms with Crippen LogP contribution in [0.3, 0.4) is 0 Å². The summed E-state index contributed by atoms with van der Waals surface area (Å²) < 4.78 is 4.82. The fourth-order valence-corrected chi connectivity index (χ4v) is 3.40. The molecule has 1 heterocycles. The molecule has 1 atom stereocenters. The molecule has 0 spiro atoms. The van der Waals surface area contributed by atoms with Crippen LogP contribution in [0.15, 0.2) is 47.6 Å². The van der Waals surface area contributed by atoms with E-state index >= 15 is 0 Å². The minimum absolute atomic E-state index is 0.209. The minimum Gasteiger partial charge on any atom is -0.467 e. The van der Waals surface area contributed by atoms with Crippen molar-refractivity contribution in [3.8, 4) is 11.1 Å². The lowest BCUT2D eigenvalue weighted by molar-refractivity contribution is -0.145. The van der Waals surface area contributed by atoms with Crippen molar-refractivity contribution in [2.24, 2.45) is 5.16 Å². The Bertz CT molecular complexity index is 928. The molecule has 2 aromatic rings. The number of ether oxygens (including phenoxy) is 1. The Morgan fingerprint density at radius 3 is 2.32 bits per heavy atom. The number of halogens is 2. The van der Waals surface area contributed by atoms with Crippen LogP contribution in [0.25, 0.3) is 11.1 Å². The van der Waals surface area contributed by atoms with Crippen LogP contribution in [0.5, 0.6) is 0 Å². The topological polar surface area (TPSA) is 68.2 Å². The van der Waals surface area contributed by atoms with Crippen molar-refractivity contribution in [2.45, 2.75) is 12.5 Å². The van der Waals surface area contributed by atoms with E-state index in [9.17, 15) is 9.59 Å². The molecule has 0 bridgehead atoms. The summed E-state index contributed by atoms with van der Waals surface area (Å²) in [6.07, 6.45) is 0.285. The van der Waals surface area contributed by atoms with Crippen LogP contribution in [0.4, 0.5) is 0 Å². The summed E-state index contributed by atoms with van der Waals surface area (Å²) in [7, 11) is 2.72. The molecule has 1 aliphatic heterocycles. The number of carbonyl (C=O) groups is 2. The number of rotatable bonds is 4. The highest BCUT2D eigenvalue weighted by molar-refractivity contribution is 6.42. The normalized spacial score (nSPS) is 17.6. The third kappa shape index (κ3) is 4.13. The van der Waals surface area contributed by atoms with Gasteiger partial charge < -0.3 is 14.5 Å². The van der Waals surface area contributed by atoms with Gasteiger partial charge in [0.25, 0.3) is 5.91 Å². The molecule has 0 unspecified atom stereocenters. The van der Waals surface area contributed by atoms with Gasteiger partial charge in [0, 0.05) is 12.0 Å². The van der Waals surface area contributed by atoms with Crippen molar-refractivity contribution in [3.05, 3.63) is 58.1 Å². The molecule has 28 heavy (non-hydrogen) atoms. The Hall–Kier alpha value is -2.57.